The Bertz CT molecular complexity index is 554. The van der Waals surface area contributed by atoms with E-state index < -0.39 is 5.97 Å². The molecule has 0 bridgehead atoms. The molecular formula is C13H16ClN3O2. The zero-order chi connectivity index (χ0) is 13.0. The number of nitrogens with one attached hydrogen (secondary N) is 1. The minimum absolute atomic E-state index is 0. The summed E-state index contributed by atoms with van der Waals surface area (Å²) in [5.41, 5.74) is 2.05. The first-order valence-corrected chi connectivity index (χ1v) is 5.67. The molecule has 0 atom stereocenters. The largest absolute Gasteiger partial charge is 0.478 e. The second-order valence-corrected chi connectivity index (χ2v) is 4.05. The maximum Gasteiger partial charge on any atom is 0.336 e. The molecule has 6 heteroatoms. The standard InChI is InChI=1S/C13H15N3O2.ClH/c1-16-7-6-11(15-16)9-14-8-10-4-2-3-5-12(10)13(17)18;/h2-7,14H,8-9H2,1H3,(H,17,18);1H. The molecule has 1 aromatic carbocycles. The van der Waals surface area contributed by atoms with Crippen LogP contribution in [0.2, 0.25) is 0 Å². The Hall–Kier alpha value is -1.85. The number of aromatic nitrogens is 2. The van der Waals surface area contributed by atoms with Gasteiger partial charge in [-0.3, -0.25) is 4.68 Å². The number of nitrogens with zero attached hydrogens (tertiary/aromatic N) is 2. The van der Waals surface area contributed by atoms with Gasteiger partial charge >= 0.3 is 5.97 Å². The molecule has 0 radical (unpaired) electrons. The van der Waals surface area contributed by atoms with Crippen LogP contribution in [0.4, 0.5) is 0 Å². The summed E-state index contributed by atoms with van der Waals surface area (Å²) in [6.45, 7) is 1.13. The van der Waals surface area contributed by atoms with Crippen molar-refractivity contribution in [2.45, 2.75) is 13.1 Å². The van der Waals surface area contributed by atoms with Gasteiger partial charge in [0.25, 0.3) is 0 Å². The molecule has 1 aromatic heterocycles. The number of carboxylic acid groups (broad SMARTS) is 1. The van der Waals surface area contributed by atoms with Crippen molar-refractivity contribution in [3.05, 3.63) is 53.3 Å². The van der Waals surface area contributed by atoms with Gasteiger partial charge < -0.3 is 10.4 Å². The van der Waals surface area contributed by atoms with E-state index in [2.05, 4.69) is 10.4 Å². The van der Waals surface area contributed by atoms with Crippen LogP contribution in [0.25, 0.3) is 0 Å². The zero-order valence-electron chi connectivity index (χ0n) is 10.5. The van der Waals surface area contributed by atoms with Crippen LogP contribution in [0, 0.1) is 0 Å². The molecule has 0 spiro atoms. The van der Waals surface area contributed by atoms with Crippen molar-refractivity contribution < 1.29 is 9.90 Å². The Morgan fingerprint density at radius 1 is 1.32 bits per heavy atom. The molecule has 0 fully saturated rings. The Morgan fingerprint density at radius 2 is 2.05 bits per heavy atom. The monoisotopic (exact) mass is 281 g/mol. The van der Waals surface area contributed by atoms with Crippen molar-refractivity contribution in [2.24, 2.45) is 7.05 Å². The molecule has 0 unspecified atom stereocenters. The number of rotatable bonds is 5. The predicted octanol–water partition coefficient (Wildman–Crippen LogP) is 1.83. The highest BCUT2D eigenvalue weighted by molar-refractivity contribution is 5.89. The third-order valence-electron chi connectivity index (χ3n) is 2.64. The lowest BCUT2D eigenvalue weighted by atomic mass is 10.1. The molecule has 0 saturated carbocycles. The number of halogens is 1. The lowest BCUT2D eigenvalue weighted by Gasteiger charge is -2.06. The fourth-order valence-electron chi connectivity index (χ4n) is 1.77. The molecule has 5 nitrogen and oxygen atoms in total. The van der Waals surface area contributed by atoms with Gasteiger partial charge in [0.15, 0.2) is 0 Å². The fraction of sp³-hybridized carbons (Fsp3) is 0.231. The van der Waals surface area contributed by atoms with Crippen molar-refractivity contribution in [3.8, 4) is 0 Å². The summed E-state index contributed by atoms with van der Waals surface area (Å²) in [6, 6.07) is 8.92. The third-order valence-corrected chi connectivity index (χ3v) is 2.64. The normalized spacial score (nSPS) is 9.95. The first-order valence-electron chi connectivity index (χ1n) is 5.67. The topological polar surface area (TPSA) is 67.2 Å². The summed E-state index contributed by atoms with van der Waals surface area (Å²) in [4.78, 5) is 11.0. The van der Waals surface area contributed by atoms with E-state index in [1.54, 1.807) is 16.8 Å². The van der Waals surface area contributed by atoms with E-state index in [-0.39, 0.29) is 12.4 Å². The van der Waals surface area contributed by atoms with Crippen LogP contribution in [0.1, 0.15) is 21.6 Å². The summed E-state index contributed by atoms with van der Waals surface area (Å²) >= 11 is 0. The minimum atomic E-state index is -0.898. The van der Waals surface area contributed by atoms with E-state index >= 15 is 0 Å². The van der Waals surface area contributed by atoms with Gasteiger partial charge in [0.2, 0.25) is 0 Å². The lowest BCUT2D eigenvalue weighted by molar-refractivity contribution is 0.0695. The van der Waals surface area contributed by atoms with E-state index in [9.17, 15) is 4.79 Å². The van der Waals surface area contributed by atoms with Crippen molar-refractivity contribution in [1.29, 1.82) is 0 Å². The summed E-state index contributed by atoms with van der Waals surface area (Å²) in [5, 5.41) is 16.5. The minimum Gasteiger partial charge on any atom is -0.478 e. The molecular weight excluding hydrogens is 266 g/mol. The molecule has 2 aromatic rings. The molecule has 1 heterocycles. The summed E-state index contributed by atoms with van der Waals surface area (Å²) in [6.07, 6.45) is 1.88. The first-order chi connectivity index (χ1) is 8.66. The van der Waals surface area contributed by atoms with Crippen molar-refractivity contribution in [1.82, 2.24) is 15.1 Å². The predicted molar refractivity (Wildman–Crippen MR) is 74.4 cm³/mol. The van der Waals surface area contributed by atoms with Gasteiger partial charge in [-0.05, 0) is 17.7 Å². The molecule has 0 aliphatic carbocycles. The quantitative estimate of drug-likeness (QED) is 0.877. The van der Waals surface area contributed by atoms with Crippen molar-refractivity contribution in [3.63, 3.8) is 0 Å². The van der Waals surface area contributed by atoms with Crippen LogP contribution >= 0.6 is 12.4 Å². The van der Waals surface area contributed by atoms with Gasteiger partial charge in [0, 0.05) is 26.3 Å². The number of hydrogen-bond donors (Lipinski definition) is 2. The lowest BCUT2D eigenvalue weighted by Crippen LogP contribution is -2.15. The summed E-state index contributed by atoms with van der Waals surface area (Å²) < 4.78 is 1.74. The van der Waals surface area contributed by atoms with Crippen LogP contribution in [-0.2, 0) is 20.1 Å². The second-order valence-electron chi connectivity index (χ2n) is 4.05. The van der Waals surface area contributed by atoms with E-state index in [4.69, 9.17) is 5.11 Å². The van der Waals surface area contributed by atoms with Gasteiger partial charge in [-0.2, -0.15) is 5.10 Å². The summed E-state index contributed by atoms with van der Waals surface area (Å²) in [7, 11) is 1.86. The number of hydrogen-bond acceptors (Lipinski definition) is 3. The molecule has 2 rings (SSSR count). The van der Waals surface area contributed by atoms with E-state index in [0.717, 1.165) is 11.3 Å². The number of carboxylic acids is 1. The maximum atomic E-state index is 11.0. The Balaban J connectivity index is 0.00000180. The van der Waals surface area contributed by atoms with E-state index in [1.807, 2.05) is 31.4 Å². The molecule has 0 amide bonds. The molecule has 102 valence electrons. The highest BCUT2D eigenvalue weighted by atomic mass is 35.5. The molecule has 2 N–H and O–H groups in total. The fourth-order valence-corrected chi connectivity index (χ4v) is 1.77. The average molecular weight is 282 g/mol. The number of aryl methyl sites for hydroxylation is 1. The Kier molecular flexibility index (Phi) is 5.54. The highest BCUT2D eigenvalue weighted by Gasteiger charge is 2.08. The highest BCUT2D eigenvalue weighted by Crippen LogP contribution is 2.08. The van der Waals surface area contributed by atoms with Crippen LogP contribution in [0.3, 0.4) is 0 Å². The SMILES string of the molecule is Cl.Cn1ccc(CNCc2ccccc2C(=O)O)n1. The molecule has 0 aliphatic heterocycles. The van der Waals surface area contributed by atoms with Gasteiger partial charge in [0.05, 0.1) is 11.3 Å². The third kappa shape index (κ3) is 4.08. The van der Waals surface area contributed by atoms with Gasteiger partial charge in [0.1, 0.15) is 0 Å². The number of carbonyl (C=O) groups is 1. The van der Waals surface area contributed by atoms with Crippen LogP contribution in [0.15, 0.2) is 36.5 Å². The van der Waals surface area contributed by atoms with Gasteiger partial charge in [-0.25, -0.2) is 4.79 Å². The first kappa shape index (κ1) is 15.2. The smallest absolute Gasteiger partial charge is 0.336 e. The zero-order valence-corrected chi connectivity index (χ0v) is 11.4. The van der Waals surface area contributed by atoms with Crippen molar-refractivity contribution in [2.75, 3.05) is 0 Å². The van der Waals surface area contributed by atoms with Crippen LogP contribution < -0.4 is 5.32 Å². The molecule has 0 saturated heterocycles. The van der Waals surface area contributed by atoms with Gasteiger partial charge in [-0.1, -0.05) is 18.2 Å². The average Bonchev–Trinajstić information content (AvgIpc) is 2.75. The van der Waals surface area contributed by atoms with E-state index in [0.29, 0.717) is 18.7 Å². The van der Waals surface area contributed by atoms with Crippen LogP contribution in [-0.4, -0.2) is 20.9 Å². The Morgan fingerprint density at radius 3 is 2.68 bits per heavy atom. The maximum absolute atomic E-state index is 11.0. The van der Waals surface area contributed by atoms with Crippen LogP contribution in [0.5, 0.6) is 0 Å². The van der Waals surface area contributed by atoms with Crippen molar-refractivity contribution >= 4 is 18.4 Å². The van der Waals surface area contributed by atoms with E-state index in [1.165, 1.54) is 0 Å². The number of aromatic carboxylic acids is 1. The Labute approximate surface area is 117 Å². The van der Waals surface area contributed by atoms with Gasteiger partial charge in [-0.15, -0.1) is 12.4 Å². The molecule has 0 aliphatic rings. The second kappa shape index (κ2) is 6.92. The number of benzene rings is 1. The molecule has 19 heavy (non-hydrogen) atoms. The summed E-state index contributed by atoms with van der Waals surface area (Å²) in [5.74, 6) is -0.898.